The zero-order valence-corrected chi connectivity index (χ0v) is 15.8. The summed E-state index contributed by atoms with van der Waals surface area (Å²) in [6.07, 6.45) is 6.41. The second kappa shape index (κ2) is 8.30. The van der Waals surface area contributed by atoms with Gasteiger partial charge in [0.05, 0.1) is 24.7 Å². The summed E-state index contributed by atoms with van der Waals surface area (Å²) in [6, 6.07) is 9.59. The number of urea groups is 1. The van der Waals surface area contributed by atoms with Gasteiger partial charge in [-0.1, -0.05) is 31.0 Å². The van der Waals surface area contributed by atoms with E-state index < -0.39 is 0 Å². The lowest BCUT2D eigenvalue weighted by molar-refractivity contribution is -0.155. The Kier molecular flexibility index (Phi) is 5.62. The van der Waals surface area contributed by atoms with Gasteiger partial charge in [-0.05, 0) is 37.8 Å². The molecule has 0 bridgehead atoms. The molecule has 27 heavy (non-hydrogen) atoms. The monoisotopic (exact) mass is 371 g/mol. The molecule has 0 aromatic heterocycles. The van der Waals surface area contributed by atoms with Gasteiger partial charge in [0.2, 0.25) is 5.91 Å². The molecular formula is C21H29N3O3. The third kappa shape index (κ3) is 4.10. The van der Waals surface area contributed by atoms with Crippen LogP contribution in [0.2, 0.25) is 0 Å². The van der Waals surface area contributed by atoms with Gasteiger partial charge in [-0.25, -0.2) is 4.79 Å². The van der Waals surface area contributed by atoms with Crippen molar-refractivity contribution in [3.05, 3.63) is 30.3 Å². The molecule has 3 fully saturated rings. The Morgan fingerprint density at radius 1 is 1.00 bits per heavy atom. The summed E-state index contributed by atoms with van der Waals surface area (Å²) in [5.41, 5.74) is 0.786. The van der Waals surface area contributed by atoms with Crippen molar-refractivity contribution in [1.82, 2.24) is 9.80 Å². The van der Waals surface area contributed by atoms with E-state index in [0.717, 1.165) is 31.4 Å². The molecule has 6 nitrogen and oxygen atoms in total. The van der Waals surface area contributed by atoms with Gasteiger partial charge >= 0.3 is 6.03 Å². The molecule has 0 spiro atoms. The summed E-state index contributed by atoms with van der Waals surface area (Å²) < 4.78 is 5.91. The highest BCUT2D eigenvalue weighted by molar-refractivity contribution is 5.90. The number of hydrogen-bond acceptors (Lipinski definition) is 3. The zero-order chi connectivity index (χ0) is 18.6. The van der Waals surface area contributed by atoms with Crippen LogP contribution >= 0.6 is 0 Å². The molecule has 4 rings (SSSR count). The van der Waals surface area contributed by atoms with Crippen LogP contribution in [-0.4, -0.2) is 60.1 Å². The van der Waals surface area contributed by atoms with Crippen LogP contribution < -0.4 is 5.32 Å². The quantitative estimate of drug-likeness (QED) is 0.869. The maximum atomic E-state index is 13.2. The molecule has 146 valence electrons. The number of morpholine rings is 1. The van der Waals surface area contributed by atoms with Crippen LogP contribution in [0.1, 0.15) is 38.5 Å². The number of carbonyl (C=O) groups excluding carboxylic acids is 2. The van der Waals surface area contributed by atoms with E-state index in [-0.39, 0.29) is 30.0 Å². The fraction of sp³-hybridized carbons (Fsp3) is 0.619. The molecule has 2 aliphatic heterocycles. The minimum Gasteiger partial charge on any atom is -0.374 e. The number of likely N-dealkylation sites (tertiary alicyclic amines) is 1. The van der Waals surface area contributed by atoms with E-state index in [9.17, 15) is 9.59 Å². The minimum absolute atomic E-state index is 0.0963. The lowest BCUT2D eigenvalue weighted by Gasteiger charge is -2.45. The van der Waals surface area contributed by atoms with E-state index >= 15 is 0 Å². The van der Waals surface area contributed by atoms with Crippen molar-refractivity contribution in [1.29, 1.82) is 0 Å². The number of nitrogens with zero attached hydrogens (tertiary/aromatic N) is 2. The number of nitrogens with one attached hydrogen (secondary N) is 1. The largest absolute Gasteiger partial charge is 0.374 e. The number of para-hydroxylation sites is 1. The molecule has 3 aliphatic rings. The topological polar surface area (TPSA) is 61.9 Å². The summed E-state index contributed by atoms with van der Waals surface area (Å²) in [6.45, 7) is 2.54. The van der Waals surface area contributed by atoms with E-state index in [1.807, 2.05) is 30.3 Å². The summed E-state index contributed by atoms with van der Waals surface area (Å²) in [4.78, 5) is 29.7. The molecule has 1 N–H and O–H groups in total. The van der Waals surface area contributed by atoms with Crippen molar-refractivity contribution < 1.29 is 14.3 Å². The van der Waals surface area contributed by atoms with Gasteiger partial charge in [0.1, 0.15) is 0 Å². The molecule has 6 heteroatoms. The van der Waals surface area contributed by atoms with Crippen molar-refractivity contribution in [3.63, 3.8) is 0 Å². The van der Waals surface area contributed by atoms with Crippen molar-refractivity contribution >= 4 is 17.6 Å². The van der Waals surface area contributed by atoms with E-state index in [2.05, 4.69) is 10.2 Å². The SMILES string of the molecule is O=C(Nc1ccccc1)N1CCC[C@H](C(=O)N2CCO[C@H]3CCCC[C@H]32)C1. The third-order valence-electron chi connectivity index (χ3n) is 6.10. The predicted octanol–water partition coefficient (Wildman–Crippen LogP) is 3.10. The number of piperidine rings is 1. The molecule has 0 radical (unpaired) electrons. The molecule has 1 saturated carbocycles. The second-order valence-electron chi connectivity index (χ2n) is 7.87. The Labute approximate surface area is 160 Å². The fourth-order valence-corrected chi connectivity index (χ4v) is 4.69. The standard InChI is InChI=1S/C21H29N3O3/c25-20(24-13-14-27-19-11-5-4-10-18(19)24)16-7-6-12-23(15-16)21(26)22-17-8-2-1-3-9-17/h1-3,8-9,16,18-19H,4-7,10-15H2,(H,22,26)/t16-,18+,19-/m0/s1. The van der Waals surface area contributed by atoms with Gasteiger partial charge in [0.15, 0.2) is 0 Å². The maximum Gasteiger partial charge on any atom is 0.321 e. The van der Waals surface area contributed by atoms with E-state index in [0.29, 0.717) is 26.2 Å². The fourth-order valence-electron chi connectivity index (χ4n) is 4.69. The van der Waals surface area contributed by atoms with Gasteiger partial charge in [-0.2, -0.15) is 0 Å². The number of anilines is 1. The Hall–Kier alpha value is -2.08. The predicted molar refractivity (Wildman–Crippen MR) is 103 cm³/mol. The first-order valence-corrected chi connectivity index (χ1v) is 10.3. The second-order valence-corrected chi connectivity index (χ2v) is 7.87. The van der Waals surface area contributed by atoms with Gasteiger partial charge in [-0.3, -0.25) is 4.79 Å². The number of rotatable bonds is 2. The highest BCUT2D eigenvalue weighted by atomic mass is 16.5. The van der Waals surface area contributed by atoms with E-state index in [4.69, 9.17) is 4.74 Å². The number of benzene rings is 1. The normalized spacial score (nSPS) is 28.4. The lowest BCUT2D eigenvalue weighted by Crippen LogP contribution is -2.58. The highest BCUT2D eigenvalue weighted by Crippen LogP contribution is 2.31. The smallest absolute Gasteiger partial charge is 0.321 e. The molecule has 3 amide bonds. The van der Waals surface area contributed by atoms with Crippen LogP contribution in [0.4, 0.5) is 10.5 Å². The Morgan fingerprint density at radius 3 is 2.67 bits per heavy atom. The first-order valence-electron chi connectivity index (χ1n) is 10.3. The molecule has 2 heterocycles. The van der Waals surface area contributed by atoms with Crippen molar-refractivity contribution in [2.75, 3.05) is 31.6 Å². The molecular weight excluding hydrogens is 342 g/mol. The van der Waals surface area contributed by atoms with Crippen LogP contribution in [0.15, 0.2) is 30.3 Å². The molecule has 1 aromatic rings. The Balaban J connectivity index is 1.38. The van der Waals surface area contributed by atoms with Gasteiger partial charge in [0, 0.05) is 25.3 Å². The average molecular weight is 371 g/mol. The molecule has 2 saturated heterocycles. The number of carbonyl (C=O) groups is 2. The first kappa shape index (κ1) is 18.3. The van der Waals surface area contributed by atoms with Gasteiger partial charge < -0.3 is 19.9 Å². The molecule has 0 unspecified atom stereocenters. The minimum atomic E-state index is -0.115. The van der Waals surface area contributed by atoms with Crippen LogP contribution in [-0.2, 0) is 9.53 Å². The van der Waals surface area contributed by atoms with Crippen LogP contribution in [0.5, 0.6) is 0 Å². The van der Waals surface area contributed by atoms with Crippen molar-refractivity contribution in [2.24, 2.45) is 5.92 Å². The summed E-state index contributed by atoms with van der Waals surface area (Å²) in [5, 5.41) is 2.94. The first-order chi connectivity index (χ1) is 13.2. The van der Waals surface area contributed by atoms with E-state index in [1.165, 1.54) is 12.8 Å². The van der Waals surface area contributed by atoms with Crippen molar-refractivity contribution in [3.8, 4) is 0 Å². The van der Waals surface area contributed by atoms with E-state index in [1.54, 1.807) is 4.90 Å². The zero-order valence-electron chi connectivity index (χ0n) is 15.8. The summed E-state index contributed by atoms with van der Waals surface area (Å²) in [7, 11) is 0. The lowest BCUT2D eigenvalue weighted by atomic mass is 9.88. The molecule has 3 atom stereocenters. The van der Waals surface area contributed by atoms with Crippen molar-refractivity contribution in [2.45, 2.75) is 50.7 Å². The Morgan fingerprint density at radius 2 is 1.81 bits per heavy atom. The number of hydrogen-bond donors (Lipinski definition) is 1. The van der Waals surface area contributed by atoms with Crippen LogP contribution in [0.25, 0.3) is 0 Å². The van der Waals surface area contributed by atoms with Crippen LogP contribution in [0, 0.1) is 5.92 Å². The number of fused-ring (bicyclic) bond motifs is 1. The highest BCUT2D eigenvalue weighted by Gasteiger charge is 2.40. The Bertz CT molecular complexity index is 664. The van der Waals surface area contributed by atoms with Gasteiger partial charge in [0.25, 0.3) is 0 Å². The number of amides is 3. The van der Waals surface area contributed by atoms with Crippen LogP contribution in [0.3, 0.4) is 0 Å². The third-order valence-corrected chi connectivity index (χ3v) is 6.10. The summed E-state index contributed by atoms with van der Waals surface area (Å²) >= 11 is 0. The number of ether oxygens (including phenoxy) is 1. The molecule has 1 aromatic carbocycles. The van der Waals surface area contributed by atoms with Gasteiger partial charge in [-0.15, -0.1) is 0 Å². The maximum absolute atomic E-state index is 13.2. The summed E-state index contributed by atoms with van der Waals surface area (Å²) in [5.74, 6) is 0.119. The average Bonchev–Trinajstić information content (AvgIpc) is 2.73. The molecule has 1 aliphatic carbocycles.